The highest BCUT2D eigenvalue weighted by molar-refractivity contribution is 5.56. The fourth-order valence-electron chi connectivity index (χ4n) is 1.30. The summed E-state index contributed by atoms with van der Waals surface area (Å²) in [5.74, 6) is 0.266. The zero-order valence-corrected chi connectivity index (χ0v) is 7.72. The molecule has 0 bridgehead atoms. The molecule has 0 amide bonds. The Bertz CT molecular complexity index is 327. The molecule has 1 aromatic rings. The van der Waals surface area contributed by atoms with E-state index in [4.69, 9.17) is 9.47 Å². The van der Waals surface area contributed by atoms with Crippen LogP contribution in [0.3, 0.4) is 0 Å². The summed E-state index contributed by atoms with van der Waals surface area (Å²) in [6.07, 6.45) is 3.32. The Labute approximate surface area is 82.6 Å². The second-order valence-electron chi connectivity index (χ2n) is 3.03. The van der Waals surface area contributed by atoms with E-state index in [0.29, 0.717) is 13.2 Å². The van der Waals surface area contributed by atoms with E-state index in [-0.39, 0.29) is 12.0 Å². The first-order valence-electron chi connectivity index (χ1n) is 4.56. The van der Waals surface area contributed by atoms with Gasteiger partial charge in [0, 0.05) is 5.56 Å². The van der Waals surface area contributed by atoms with E-state index in [1.807, 2.05) is 12.1 Å². The number of phenolic OH excluding ortho intramolecular Hbond substituents is 1. The van der Waals surface area contributed by atoms with Crippen molar-refractivity contribution >= 4 is 6.08 Å². The van der Waals surface area contributed by atoms with Gasteiger partial charge in [-0.15, -0.1) is 0 Å². The molecule has 1 heterocycles. The summed E-state index contributed by atoms with van der Waals surface area (Å²) in [6.45, 7) is 1.27. The minimum atomic E-state index is -0.269. The summed E-state index contributed by atoms with van der Waals surface area (Å²) in [5, 5.41) is 9.45. The normalized spacial score (nSPS) is 18.0. The second-order valence-corrected chi connectivity index (χ2v) is 3.03. The predicted octanol–water partition coefficient (Wildman–Crippen LogP) is 1.78. The van der Waals surface area contributed by atoms with E-state index in [1.165, 1.54) is 0 Å². The molecular weight excluding hydrogens is 180 g/mol. The molecule has 0 spiro atoms. The highest BCUT2D eigenvalue weighted by atomic mass is 16.7. The lowest BCUT2D eigenvalue weighted by atomic mass is 10.2. The largest absolute Gasteiger partial charge is 0.507 e. The van der Waals surface area contributed by atoms with Crippen LogP contribution in [0.5, 0.6) is 5.75 Å². The first kappa shape index (κ1) is 9.24. The Morgan fingerprint density at radius 3 is 2.64 bits per heavy atom. The Hall–Kier alpha value is -1.32. The van der Waals surface area contributed by atoms with Gasteiger partial charge in [-0.1, -0.05) is 24.3 Å². The van der Waals surface area contributed by atoms with Crippen LogP contribution in [0.25, 0.3) is 6.08 Å². The maximum Gasteiger partial charge on any atom is 0.177 e. The first-order chi connectivity index (χ1) is 6.86. The van der Waals surface area contributed by atoms with Gasteiger partial charge < -0.3 is 14.6 Å². The zero-order chi connectivity index (χ0) is 9.80. The third-order valence-electron chi connectivity index (χ3n) is 2.02. The number of hydrogen-bond donors (Lipinski definition) is 1. The fourth-order valence-corrected chi connectivity index (χ4v) is 1.30. The van der Waals surface area contributed by atoms with Gasteiger partial charge in [-0.05, 0) is 12.1 Å². The lowest BCUT2D eigenvalue weighted by molar-refractivity contribution is -0.000909. The van der Waals surface area contributed by atoms with Crippen LogP contribution in [0.4, 0.5) is 0 Å². The number of benzene rings is 1. The van der Waals surface area contributed by atoms with Crippen LogP contribution in [-0.2, 0) is 9.47 Å². The molecule has 1 aromatic carbocycles. The SMILES string of the molecule is Oc1ccccc1/C=C/C1OCCO1. The van der Waals surface area contributed by atoms with Crippen molar-refractivity contribution in [3.05, 3.63) is 35.9 Å². The lowest BCUT2D eigenvalue weighted by Crippen LogP contribution is -2.01. The van der Waals surface area contributed by atoms with Crippen molar-refractivity contribution in [2.75, 3.05) is 13.2 Å². The highest BCUT2D eigenvalue weighted by Crippen LogP contribution is 2.18. The predicted molar refractivity (Wildman–Crippen MR) is 52.8 cm³/mol. The third kappa shape index (κ3) is 2.13. The van der Waals surface area contributed by atoms with Crippen LogP contribution in [0.1, 0.15) is 5.56 Å². The van der Waals surface area contributed by atoms with Crippen molar-refractivity contribution in [2.24, 2.45) is 0 Å². The molecule has 0 radical (unpaired) electrons. The molecule has 0 aromatic heterocycles. The number of aromatic hydroxyl groups is 1. The van der Waals surface area contributed by atoms with Crippen molar-refractivity contribution in [3.8, 4) is 5.75 Å². The monoisotopic (exact) mass is 192 g/mol. The molecule has 74 valence electrons. The standard InChI is InChI=1S/C11H12O3/c12-10-4-2-1-3-9(10)5-6-11-13-7-8-14-11/h1-6,11-12H,7-8H2/b6-5+. The van der Waals surface area contributed by atoms with Gasteiger partial charge in [-0.2, -0.15) is 0 Å². The van der Waals surface area contributed by atoms with Crippen LogP contribution in [0, 0.1) is 0 Å². The van der Waals surface area contributed by atoms with Crippen molar-refractivity contribution in [1.29, 1.82) is 0 Å². The molecule has 0 saturated carbocycles. The maximum atomic E-state index is 9.45. The summed E-state index contributed by atoms with van der Waals surface area (Å²) in [7, 11) is 0. The molecule has 3 heteroatoms. The van der Waals surface area contributed by atoms with E-state index >= 15 is 0 Å². The number of para-hydroxylation sites is 1. The van der Waals surface area contributed by atoms with Crippen molar-refractivity contribution < 1.29 is 14.6 Å². The van der Waals surface area contributed by atoms with Crippen LogP contribution < -0.4 is 0 Å². The molecule has 1 fully saturated rings. The van der Waals surface area contributed by atoms with Gasteiger partial charge in [0.1, 0.15) is 5.75 Å². The van der Waals surface area contributed by atoms with Crippen molar-refractivity contribution in [1.82, 2.24) is 0 Å². The smallest absolute Gasteiger partial charge is 0.177 e. The highest BCUT2D eigenvalue weighted by Gasteiger charge is 2.11. The zero-order valence-electron chi connectivity index (χ0n) is 7.72. The Balaban J connectivity index is 2.06. The number of rotatable bonds is 2. The molecular formula is C11H12O3. The van der Waals surface area contributed by atoms with Crippen molar-refractivity contribution in [2.45, 2.75) is 6.29 Å². The number of ether oxygens (including phenoxy) is 2. The van der Waals surface area contributed by atoms with Gasteiger partial charge >= 0.3 is 0 Å². The molecule has 1 N–H and O–H groups in total. The van der Waals surface area contributed by atoms with E-state index in [9.17, 15) is 5.11 Å². The van der Waals surface area contributed by atoms with Gasteiger partial charge in [-0.25, -0.2) is 0 Å². The average molecular weight is 192 g/mol. The molecule has 3 nitrogen and oxygen atoms in total. The van der Waals surface area contributed by atoms with Crippen LogP contribution in [0.15, 0.2) is 30.3 Å². The average Bonchev–Trinajstić information content (AvgIpc) is 2.69. The summed E-state index contributed by atoms with van der Waals surface area (Å²) in [6, 6.07) is 7.14. The minimum Gasteiger partial charge on any atom is -0.507 e. The maximum absolute atomic E-state index is 9.45. The summed E-state index contributed by atoms with van der Waals surface area (Å²) >= 11 is 0. The van der Waals surface area contributed by atoms with E-state index in [1.54, 1.807) is 24.3 Å². The fraction of sp³-hybridized carbons (Fsp3) is 0.273. The molecule has 1 aliphatic rings. The van der Waals surface area contributed by atoms with Gasteiger partial charge in [0.05, 0.1) is 13.2 Å². The quantitative estimate of drug-likeness (QED) is 0.776. The summed E-state index contributed by atoms with van der Waals surface area (Å²) < 4.78 is 10.4. The first-order valence-corrected chi connectivity index (χ1v) is 4.56. The van der Waals surface area contributed by atoms with Crippen LogP contribution in [-0.4, -0.2) is 24.6 Å². The third-order valence-corrected chi connectivity index (χ3v) is 2.02. The van der Waals surface area contributed by atoms with Crippen LogP contribution in [0.2, 0.25) is 0 Å². The summed E-state index contributed by atoms with van der Waals surface area (Å²) in [5.41, 5.74) is 0.770. The second kappa shape index (κ2) is 4.26. The molecule has 0 aliphatic carbocycles. The molecule has 2 rings (SSSR count). The van der Waals surface area contributed by atoms with E-state index in [0.717, 1.165) is 5.56 Å². The molecule has 1 aliphatic heterocycles. The van der Waals surface area contributed by atoms with Gasteiger partial charge in [0.15, 0.2) is 6.29 Å². The van der Waals surface area contributed by atoms with Crippen molar-refractivity contribution in [3.63, 3.8) is 0 Å². The van der Waals surface area contributed by atoms with Gasteiger partial charge in [-0.3, -0.25) is 0 Å². The Kier molecular flexibility index (Phi) is 2.81. The lowest BCUT2D eigenvalue weighted by Gasteiger charge is -2.02. The summed E-state index contributed by atoms with van der Waals surface area (Å²) in [4.78, 5) is 0. The number of hydrogen-bond acceptors (Lipinski definition) is 3. The molecule has 0 atom stereocenters. The number of phenols is 1. The topological polar surface area (TPSA) is 38.7 Å². The van der Waals surface area contributed by atoms with Gasteiger partial charge in [0.25, 0.3) is 0 Å². The van der Waals surface area contributed by atoms with E-state index < -0.39 is 0 Å². The van der Waals surface area contributed by atoms with Crippen LogP contribution >= 0.6 is 0 Å². The molecule has 0 unspecified atom stereocenters. The van der Waals surface area contributed by atoms with Gasteiger partial charge in [0.2, 0.25) is 0 Å². The Morgan fingerprint density at radius 1 is 1.21 bits per heavy atom. The van der Waals surface area contributed by atoms with E-state index in [2.05, 4.69) is 0 Å². The Morgan fingerprint density at radius 2 is 1.93 bits per heavy atom. The molecule has 1 saturated heterocycles. The molecule has 14 heavy (non-hydrogen) atoms. The minimum absolute atomic E-state index is 0.266.